The van der Waals surface area contributed by atoms with Crippen LogP contribution in [0.5, 0.6) is 0 Å². The number of hydrogen-bond acceptors (Lipinski definition) is 5. The minimum atomic E-state index is -4.04. The number of hydrogen-bond donors (Lipinski definition) is 3. The zero-order chi connectivity index (χ0) is 18.1. The van der Waals surface area contributed by atoms with Crippen molar-refractivity contribution in [2.75, 3.05) is 5.73 Å². The number of primary sulfonamides is 1. The van der Waals surface area contributed by atoms with E-state index in [-0.39, 0.29) is 21.0 Å². The number of sulfonamides is 1. The van der Waals surface area contributed by atoms with Crippen molar-refractivity contribution in [2.45, 2.75) is 18.2 Å². The van der Waals surface area contributed by atoms with Crippen LogP contribution in [0.3, 0.4) is 0 Å². The molecule has 5 N–H and O–H groups in total. The topological polar surface area (TPSA) is 127 Å². The normalized spacial score (nSPS) is 11.3. The zero-order valence-electron chi connectivity index (χ0n) is 12.8. The predicted octanol–water partition coefficient (Wildman–Crippen LogP) is 2.58. The fourth-order valence-corrected chi connectivity index (χ4v) is 3.27. The van der Waals surface area contributed by atoms with Gasteiger partial charge in [0.15, 0.2) is 5.78 Å². The quantitative estimate of drug-likeness (QED) is 0.427. The van der Waals surface area contributed by atoms with Gasteiger partial charge in [-0.2, -0.15) is 0 Å². The van der Waals surface area contributed by atoms with Gasteiger partial charge in [0, 0.05) is 28.1 Å². The van der Waals surface area contributed by atoms with Gasteiger partial charge in [0.05, 0.1) is 5.02 Å². The molecule has 0 radical (unpaired) electrons. The Morgan fingerprint density at radius 3 is 2.29 bits per heavy atom. The highest BCUT2D eigenvalue weighted by atomic mass is 35.5. The van der Waals surface area contributed by atoms with Crippen LogP contribution in [0.1, 0.15) is 34.8 Å². The second kappa shape index (κ2) is 6.72. The third-order valence-corrected chi connectivity index (χ3v) is 4.88. The number of rotatable bonds is 5. The molecule has 0 unspecified atom stereocenters. The first-order valence-electron chi connectivity index (χ1n) is 6.99. The number of benzene rings is 2. The number of nitrogen functional groups attached to an aromatic ring is 1. The number of carbonyl (C=O) groups excluding carboxylic acids is 1. The minimum Gasteiger partial charge on any atom is -0.398 e. The number of nitrogens with one attached hydrogen (secondary N) is 1. The van der Waals surface area contributed by atoms with Crippen LogP contribution in [-0.4, -0.2) is 19.9 Å². The third kappa shape index (κ3) is 3.64. The molecule has 0 bridgehead atoms. The third-order valence-electron chi connectivity index (χ3n) is 3.49. The van der Waals surface area contributed by atoms with Gasteiger partial charge >= 0.3 is 0 Å². The Morgan fingerprint density at radius 2 is 1.75 bits per heavy atom. The summed E-state index contributed by atoms with van der Waals surface area (Å²) in [7, 11) is -4.04. The molecule has 0 spiro atoms. The van der Waals surface area contributed by atoms with E-state index in [1.807, 2.05) is 6.92 Å². The molecule has 8 heteroatoms. The molecule has 0 atom stereocenters. The summed E-state index contributed by atoms with van der Waals surface area (Å²) in [6.07, 6.45) is 0.520. The molecule has 0 aromatic heterocycles. The van der Waals surface area contributed by atoms with Crippen molar-refractivity contribution in [1.29, 1.82) is 5.41 Å². The van der Waals surface area contributed by atoms with E-state index in [0.29, 0.717) is 23.4 Å². The summed E-state index contributed by atoms with van der Waals surface area (Å²) < 4.78 is 23.0. The molecule has 0 amide bonds. The maximum atomic E-state index is 12.6. The second-order valence-electron chi connectivity index (χ2n) is 5.15. The molecule has 0 aliphatic heterocycles. The van der Waals surface area contributed by atoms with Crippen LogP contribution in [0.25, 0.3) is 0 Å². The van der Waals surface area contributed by atoms with E-state index in [1.165, 1.54) is 18.2 Å². The Labute approximate surface area is 145 Å². The van der Waals surface area contributed by atoms with Crippen LogP contribution < -0.4 is 10.9 Å². The van der Waals surface area contributed by atoms with Crippen molar-refractivity contribution in [1.82, 2.24) is 0 Å². The van der Waals surface area contributed by atoms with Crippen molar-refractivity contribution in [3.05, 3.63) is 58.1 Å². The van der Waals surface area contributed by atoms with Gasteiger partial charge in [-0.15, -0.1) is 0 Å². The number of anilines is 1. The number of halogens is 1. The van der Waals surface area contributed by atoms with Gasteiger partial charge in [0.2, 0.25) is 10.0 Å². The Bertz CT molecular complexity index is 940. The Kier molecular flexibility index (Phi) is 5.08. The SMILES string of the molecule is CCC(=N)c1ccc(C(=O)c2ccc(Cl)c(S(N)(=O)=O)c2)cc1N. The van der Waals surface area contributed by atoms with Crippen molar-refractivity contribution in [3.8, 4) is 0 Å². The summed E-state index contributed by atoms with van der Waals surface area (Å²) >= 11 is 5.81. The second-order valence-corrected chi connectivity index (χ2v) is 7.09. The molecular formula is C16H16ClN3O3S. The Morgan fingerprint density at radius 1 is 1.17 bits per heavy atom. The van der Waals surface area contributed by atoms with E-state index in [2.05, 4.69) is 0 Å². The van der Waals surface area contributed by atoms with Crippen LogP contribution >= 0.6 is 11.6 Å². The molecule has 24 heavy (non-hydrogen) atoms. The van der Waals surface area contributed by atoms with Crippen LogP contribution in [0.4, 0.5) is 5.69 Å². The molecule has 126 valence electrons. The van der Waals surface area contributed by atoms with Crippen LogP contribution in [0.15, 0.2) is 41.3 Å². The van der Waals surface area contributed by atoms with E-state index in [4.69, 9.17) is 27.9 Å². The average molecular weight is 366 g/mol. The van der Waals surface area contributed by atoms with Crippen molar-refractivity contribution in [2.24, 2.45) is 5.14 Å². The summed E-state index contributed by atoms with van der Waals surface area (Å²) in [4.78, 5) is 12.2. The fourth-order valence-electron chi connectivity index (χ4n) is 2.20. The number of nitrogens with two attached hydrogens (primary N) is 2. The van der Waals surface area contributed by atoms with Gasteiger partial charge in [-0.25, -0.2) is 13.6 Å². The largest absolute Gasteiger partial charge is 0.398 e. The van der Waals surface area contributed by atoms with Crippen molar-refractivity contribution < 1.29 is 13.2 Å². The molecule has 0 aliphatic carbocycles. The lowest BCUT2D eigenvalue weighted by molar-refractivity contribution is 0.103. The highest BCUT2D eigenvalue weighted by molar-refractivity contribution is 7.89. The van der Waals surface area contributed by atoms with Crippen molar-refractivity contribution in [3.63, 3.8) is 0 Å². The summed E-state index contributed by atoms with van der Waals surface area (Å²) in [5.74, 6) is -0.419. The van der Waals surface area contributed by atoms with Crippen LogP contribution in [-0.2, 0) is 10.0 Å². The first-order valence-corrected chi connectivity index (χ1v) is 8.92. The Hall–Kier alpha value is -2.22. The molecule has 0 saturated heterocycles. The van der Waals surface area contributed by atoms with E-state index in [0.717, 1.165) is 6.07 Å². The van der Waals surface area contributed by atoms with Gasteiger partial charge in [-0.1, -0.05) is 30.7 Å². The lowest BCUT2D eigenvalue weighted by Crippen LogP contribution is -2.14. The van der Waals surface area contributed by atoms with Gasteiger partial charge in [-0.05, 0) is 30.7 Å². The van der Waals surface area contributed by atoms with Gasteiger partial charge in [-0.3, -0.25) is 4.79 Å². The fraction of sp³-hybridized carbons (Fsp3) is 0.125. The zero-order valence-corrected chi connectivity index (χ0v) is 14.4. The van der Waals surface area contributed by atoms with Gasteiger partial charge in [0.1, 0.15) is 4.90 Å². The molecular weight excluding hydrogens is 350 g/mol. The monoisotopic (exact) mass is 365 g/mol. The first kappa shape index (κ1) is 18.1. The maximum absolute atomic E-state index is 12.6. The van der Waals surface area contributed by atoms with Gasteiger partial charge < -0.3 is 11.1 Å². The summed E-state index contributed by atoms with van der Waals surface area (Å²) in [6, 6.07) is 8.47. The first-order chi connectivity index (χ1) is 11.1. The van der Waals surface area contributed by atoms with E-state index >= 15 is 0 Å². The van der Waals surface area contributed by atoms with E-state index < -0.39 is 15.8 Å². The van der Waals surface area contributed by atoms with E-state index in [1.54, 1.807) is 12.1 Å². The molecule has 6 nitrogen and oxygen atoms in total. The van der Waals surface area contributed by atoms with Gasteiger partial charge in [0.25, 0.3) is 0 Å². The minimum absolute atomic E-state index is 0.0553. The highest BCUT2D eigenvalue weighted by Crippen LogP contribution is 2.24. The number of ketones is 1. The highest BCUT2D eigenvalue weighted by Gasteiger charge is 2.18. The smallest absolute Gasteiger partial charge is 0.239 e. The van der Waals surface area contributed by atoms with Crippen molar-refractivity contribution >= 4 is 38.8 Å². The summed E-state index contributed by atoms with van der Waals surface area (Å²) in [5, 5.41) is 12.9. The molecule has 0 fully saturated rings. The lowest BCUT2D eigenvalue weighted by atomic mass is 9.98. The van der Waals surface area contributed by atoms with Crippen LogP contribution in [0, 0.1) is 5.41 Å². The predicted molar refractivity (Wildman–Crippen MR) is 94.2 cm³/mol. The maximum Gasteiger partial charge on any atom is 0.239 e. The summed E-state index contributed by atoms with van der Waals surface area (Å²) in [5.41, 5.74) is 7.56. The Balaban J connectivity index is 2.47. The molecule has 0 heterocycles. The van der Waals surface area contributed by atoms with Crippen LogP contribution in [0.2, 0.25) is 5.02 Å². The molecule has 2 aromatic carbocycles. The lowest BCUT2D eigenvalue weighted by Gasteiger charge is -2.09. The molecule has 0 saturated carbocycles. The average Bonchev–Trinajstić information content (AvgIpc) is 2.52. The summed E-state index contributed by atoms with van der Waals surface area (Å²) in [6.45, 7) is 1.84. The molecule has 0 aliphatic rings. The number of carbonyl (C=O) groups is 1. The molecule has 2 aromatic rings. The molecule has 2 rings (SSSR count). The standard InChI is InChI=1S/C16H16ClN3O3S/c1-2-13(18)11-5-3-9(7-14(11)19)16(21)10-4-6-12(17)15(8-10)24(20,22)23/h3-8,18H,2,19H2,1H3,(H2,20,22,23). The van der Waals surface area contributed by atoms with E-state index in [9.17, 15) is 13.2 Å².